The summed E-state index contributed by atoms with van der Waals surface area (Å²) in [6.07, 6.45) is 2.14. The van der Waals surface area contributed by atoms with E-state index in [0.29, 0.717) is 5.95 Å². The smallest absolute Gasteiger partial charge is 0.237 e. The number of nitrogens with zero attached hydrogens (tertiary/aromatic N) is 5. The van der Waals surface area contributed by atoms with Crippen LogP contribution in [0.15, 0.2) is 200 Å². The highest BCUT2D eigenvalue weighted by atomic mass is 15.2. The van der Waals surface area contributed by atoms with Crippen molar-refractivity contribution in [3.05, 3.63) is 211 Å². The summed E-state index contributed by atoms with van der Waals surface area (Å²) in [5.74, 6) is 0.642. The number of hydrogen-bond donors (Lipinski definition) is 0. The van der Waals surface area contributed by atoms with Crippen molar-refractivity contribution in [1.29, 1.82) is 0 Å². The number of fused-ring (bicyclic) bond motifs is 10. The maximum atomic E-state index is 5.63. The number of para-hydroxylation sites is 4. The lowest BCUT2D eigenvalue weighted by molar-refractivity contribution is 0.662. The van der Waals surface area contributed by atoms with Gasteiger partial charge in [0.25, 0.3) is 0 Å². The second-order valence-corrected chi connectivity index (χ2v) is 17.0. The summed E-state index contributed by atoms with van der Waals surface area (Å²) in [6, 6.07) is 70.0. The first-order chi connectivity index (χ1) is 30.5. The van der Waals surface area contributed by atoms with Crippen LogP contribution in [-0.2, 0) is 5.41 Å². The molecule has 5 heteroatoms. The van der Waals surface area contributed by atoms with Gasteiger partial charge in [-0.3, -0.25) is 4.57 Å². The molecule has 1 aliphatic rings. The van der Waals surface area contributed by atoms with Crippen LogP contribution in [0.5, 0.6) is 0 Å². The van der Waals surface area contributed by atoms with E-state index in [0.717, 1.165) is 61.0 Å². The van der Waals surface area contributed by atoms with Crippen LogP contribution < -0.4 is 0 Å². The van der Waals surface area contributed by atoms with Gasteiger partial charge in [0.05, 0.1) is 27.8 Å². The third-order valence-corrected chi connectivity index (χ3v) is 13.3. The topological polar surface area (TPSA) is 40.6 Å². The summed E-state index contributed by atoms with van der Waals surface area (Å²) in [4.78, 5) is 11.1. The van der Waals surface area contributed by atoms with Crippen molar-refractivity contribution in [2.45, 2.75) is 19.3 Å². The Balaban J connectivity index is 1.04. The molecule has 0 bridgehead atoms. The number of benzene rings is 8. The third kappa shape index (κ3) is 4.90. The largest absolute Gasteiger partial charge is 0.309 e. The van der Waals surface area contributed by atoms with Crippen molar-refractivity contribution in [2.24, 2.45) is 0 Å². The second kappa shape index (κ2) is 13.0. The molecular formula is C57H39N5. The predicted octanol–water partition coefficient (Wildman–Crippen LogP) is 14.3. The summed E-state index contributed by atoms with van der Waals surface area (Å²) in [7, 11) is 0. The van der Waals surface area contributed by atoms with Crippen LogP contribution in [-0.4, -0.2) is 23.7 Å². The first kappa shape index (κ1) is 34.8. The normalized spacial score (nSPS) is 13.1. The molecule has 0 spiro atoms. The van der Waals surface area contributed by atoms with E-state index in [1.54, 1.807) is 0 Å². The Kier molecular flexibility index (Phi) is 7.29. The van der Waals surface area contributed by atoms with Crippen molar-refractivity contribution in [3.63, 3.8) is 0 Å². The zero-order valence-electron chi connectivity index (χ0n) is 34.3. The molecule has 0 saturated carbocycles. The highest BCUT2D eigenvalue weighted by molar-refractivity contribution is 6.13. The quantitative estimate of drug-likeness (QED) is 0.174. The van der Waals surface area contributed by atoms with E-state index in [4.69, 9.17) is 9.97 Å². The molecule has 0 radical (unpaired) electrons. The van der Waals surface area contributed by atoms with E-state index in [2.05, 4.69) is 228 Å². The molecular weight excluding hydrogens is 755 g/mol. The standard InChI is InChI=1S/C57H39N5/c1-57(2)48-25-12-9-20-40(48)43-23-15-24-44(53(43)57)54-45-32-33-60(38-16-5-3-6-17-38)55(45)59-56(58-54)62-50-27-14-11-22-42(50)47-35-37(29-31-52(47)62)36-28-30-51-46(34-36)41-21-10-13-26-49(41)61(51)39-18-7-4-8-19-39/h3-35H,1-2H3. The van der Waals surface area contributed by atoms with Gasteiger partial charge >= 0.3 is 0 Å². The molecule has 5 nitrogen and oxygen atoms in total. The predicted molar refractivity (Wildman–Crippen MR) is 256 cm³/mol. The van der Waals surface area contributed by atoms with Gasteiger partial charge in [0.1, 0.15) is 0 Å². The summed E-state index contributed by atoms with van der Waals surface area (Å²) in [5.41, 5.74) is 17.0. The first-order valence-corrected chi connectivity index (χ1v) is 21.3. The van der Waals surface area contributed by atoms with Crippen LogP contribution in [0.1, 0.15) is 25.0 Å². The average Bonchev–Trinajstić information content (AvgIpc) is 4.06. The van der Waals surface area contributed by atoms with Crippen molar-refractivity contribution in [3.8, 4) is 50.8 Å². The van der Waals surface area contributed by atoms with Crippen molar-refractivity contribution in [1.82, 2.24) is 23.7 Å². The molecule has 62 heavy (non-hydrogen) atoms. The molecule has 12 aromatic rings. The minimum Gasteiger partial charge on any atom is -0.309 e. The fraction of sp³-hybridized carbons (Fsp3) is 0.0526. The molecule has 0 fully saturated rings. The van der Waals surface area contributed by atoms with Crippen LogP contribution in [0.4, 0.5) is 0 Å². The van der Waals surface area contributed by atoms with Crippen molar-refractivity contribution >= 4 is 54.6 Å². The van der Waals surface area contributed by atoms with Gasteiger partial charge in [-0.1, -0.05) is 141 Å². The zero-order valence-corrected chi connectivity index (χ0v) is 34.3. The lowest BCUT2D eigenvalue weighted by atomic mass is 9.79. The Bertz CT molecular complexity index is 3770. The van der Waals surface area contributed by atoms with Crippen LogP contribution in [0, 0.1) is 0 Å². The summed E-state index contributed by atoms with van der Waals surface area (Å²) < 4.78 is 6.83. The van der Waals surface area contributed by atoms with Gasteiger partial charge in [0, 0.05) is 55.5 Å². The maximum Gasteiger partial charge on any atom is 0.237 e. The molecule has 4 heterocycles. The van der Waals surface area contributed by atoms with E-state index in [1.807, 2.05) is 0 Å². The molecule has 4 aromatic heterocycles. The third-order valence-electron chi connectivity index (χ3n) is 13.3. The van der Waals surface area contributed by atoms with Gasteiger partial charge in [-0.25, -0.2) is 4.98 Å². The molecule has 13 rings (SSSR count). The fourth-order valence-corrected chi connectivity index (χ4v) is 10.5. The van der Waals surface area contributed by atoms with Crippen LogP contribution >= 0.6 is 0 Å². The minimum atomic E-state index is -0.218. The van der Waals surface area contributed by atoms with E-state index >= 15 is 0 Å². The van der Waals surface area contributed by atoms with E-state index < -0.39 is 0 Å². The fourth-order valence-electron chi connectivity index (χ4n) is 10.5. The van der Waals surface area contributed by atoms with Gasteiger partial charge in [-0.05, 0) is 100 Å². The molecule has 8 aromatic carbocycles. The van der Waals surface area contributed by atoms with E-state index in [9.17, 15) is 0 Å². The lowest BCUT2D eigenvalue weighted by Gasteiger charge is -2.24. The lowest BCUT2D eigenvalue weighted by Crippen LogP contribution is -2.16. The second-order valence-electron chi connectivity index (χ2n) is 17.0. The maximum absolute atomic E-state index is 5.63. The van der Waals surface area contributed by atoms with Crippen LogP contribution in [0.2, 0.25) is 0 Å². The van der Waals surface area contributed by atoms with Gasteiger partial charge in [-0.2, -0.15) is 4.98 Å². The first-order valence-electron chi connectivity index (χ1n) is 21.3. The summed E-state index contributed by atoms with van der Waals surface area (Å²) in [5, 5.41) is 5.81. The number of aromatic nitrogens is 5. The Morgan fingerprint density at radius 2 is 0.952 bits per heavy atom. The molecule has 0 atom stereocenters. The minimum absolute atomic E-state index is 0.218. The van der Waals surface area contributed by atoms with Crippen molar-refractivity contribution < 1.29 is 0 Å². The highest BCUT2D eigenvalue weighted by Crippen LogP contribution is 2.52. The molecule has 1 aliphatic carbocycles. The zero-order chi connectivity index (χ0) is 41.1. The summed E-state index contributed by atoms with van der Waals surface area (Å²) >= 11 is 0. The van der Waals surface area contributed by atoms with Crippen molar-refractivity contribution in [2.75, 3.05) is 0 Å². The highest BCUT2D eigenvalue weighted by Gasteiger charge is 2.38. The number of hydrogen-bond acceptors (Lipinski definition) is 2. The Hall–Kier alpha value is -8.02. The van der Waals surface area contributed by atoms with Crippen LogP contribution in [0.3, 0.4) is 0 Å². The molecule has 292 valence electrons. The SMILES string of the molecule is CC1(C)c2ccccc2-c2cccc(-c3nc(-n4c5ccccc5c5cc(-c6ccc7c(c6)c6ccccc6n7-c6ccccc6)ccc54)nc4c3ccn4-c3ccccc3)c21. The van der Waals surface area contributed by atoms with Crippen LogP contribution in [0.25, 0.3) is 105 Å². The number of rotatable bonds is 5. The molecule has 0 aliphatic heterocycles. The Labute approximate surface area is 358 Å². The molecule has 0 N–H and O–H groups in total. The molecule has 0 saturated heterocycles. The van der Waals surface area contributed by atoms with Gasteiger partial charge in [0.15, 0.2) is 5.65 Å². The monoisotopic (exact) mass is 793 g/mol. The van der Waals surface area contributed by atoms with E-state index in [1.165, 1.54) is 49.6 Å². The van der Waals surface area contributed by atoms with Gasteiger partial charge in [0.2, 0.25) is 5.95 Å². The van der Waals surface area contributed by atoms with Gasteiger partial charge in [-0.15, -0.1) is 0 Å². The Morgan fingerprint density at radius 1 is 0.403 bits per heavy atom. The summed E-state index contributed by atoms with van der Waals surface area (Å²) in [6.45, 7) is 4.69. The molecule has 0 unspecified atom stereocenters. The average molecular weight is 794 g/mol. The molecule has 0 amide bonds. The Morgan fingerprint density at radius 3 is 1.66 bits per heavy atom. The van der Waals surface area contributed by atoms with E-state index in [-0.39, 0.29) is 5.41 Å². The van der Waals surface area contributed by atoms with Gasteiger partial charge < -0.3 is 9.13 Å².